The molecule has 0 aliphatic rings. The number of hydrogen-bond donors (Lipinski definition) is 0. The van der Waals surface area contributed by atoms with Crippen LogP contribution in [0.25, 0.3) is 22.7 Å². The average Bonchev–Trinajstić information content (AvgIpc) is 3.02. The zero-order valence-electron chi connectivity index (χ0n) is 15.6. The molecule has 0 fully saturated rings. The minimum atomic E-state index is -4.94. The van der Waals surface area contributed by atoms with Gasteiger partial charge in [0, 0.05) is 6.20 Å². The Balaban J connectivity index is 2.38. The maximum atomic E-state index is 13.2. The summed E-state index contributed by atoms with van der Waals surface area (Å²) in [5.74, 6) is -1.29. The van der Waals surface area contributed by atoms with E-state index in [-0.39, 0.29) is 11.2 Å². The highest BCUT2D eigenvalue weighted by Gasteiger charge is 2.36. The van der Waals surface area contributed by atoms with Gasteiger partial charge in [-0.2, -0.15) is 26.3 Å². The van der Waals surface area contributed by atoms with Gasteiger partial charge in [-0.25, -0.2) is 22.8 Å². The molecule has 0 aliphatic carbocycles. The lowest BCUT2D eigenvalue weighted by Crippen LogP contribution is -2.20. The van der Waals surface area contributed by atoms with Gasteiger partial charge in [0.05, 0.1) is 21.9 Å². The second kappa shape index (κ2) is 7.73. The van der Waals surface area contributed by atoms with Crippen LogP contribution in [0.5, 0.6) is 0 Å². The van der Waals surface area contributed by atoms with Gasteiger partial charge in [0.2, 0.25) is 0 Å². The van der Waals surface area contributed by atoms with Gasteiger partial charge in [-0.15, -0.1) is 0 Å². The Labute approximate surface area is 170 Å². The number of nitrogens with zero attached hydrogens (tertiary/aromatic N) is 4. The molecule has 0 aliphatic heterocycles. The summed E-state index contributed by atoms with van der Waals surface area (Å²) < 4.78 is 117. The lowest BCUT2D eigenvalue weighted by atomic mass is 10.2. The first-order valence-corrected chi connectivity index (χ1v) is 10.2. The van der Waals surface area contributed by atoms with Crippen LogP contribution in [0.3, 0.4) is 0 Å². The lowest BCUT2D eigenvalue weighted by molar-refractivity contribution is -0.140. The van der Waals surface area contributed by atoms with E-state index in [0.29, 0.717) is 16.8 Å². The van der Waals surface area contributed by atoms with Crippen LogP contribution in [-0.2, 0) is 29.2 Å². The molecule has 3 aromatic rings. The molecule has 168 valence electrons. The fourth-order valence-electron chi connectivity index (χ4n) is 2.79. The molecule has 0 unspecified atom stereocenters. The number of sulfone groups is 1. The fraction of sp³-hybridized carbons (Fsp3) is 0.353. The summed E-state index contributed by atoms with van der Waals surface area (Å²) >= 11 is 0. The number of imidazole rings is 1. The Bertz CT molecular complexity index is 1230. The van der Waals surface area contributed by atoms with Gasteiger partial charge in [0.15, 0.2) is 21.3 Å². The van der Waals surface area contributed by atoms with E-state index in [1.807, 2.05) is 0 Å². The van der Waals surface area contributed by atoms with Crippen molar-refractivity contribution in [3.63, 3.8) is 0 Å². The van der Waals surface area contributed by atoms with Gasteiger partial charge >= 0.3 is 12.4 Å². The van der Waals surface area contributed by atoms with Crippen molar-refractivity contribution >= 4 is 21.0 Å². The van der Waals surface area contributed by atoms with Crippen LogP contribution in [-0.4, -0.2) is 39.9 Å². The molecule has 31 heavy (non-hydrogen) atoms. The molecule has 0 aromatic carbocycles. The Hall–Kier alpha value is -2.77. The Morgan fingerprint density at radius 2 is 1.74 bits per heavy atom. The topological polar surface area (TPSA) is 77.7 Å². The van der Waals surface area contributed by atoms with Crippen molar-refractivity contribution in [2.45, 2.75) is 37.4 Å². The Morgan fingerprint density at radius 3 is 2.29 bits per heavy atom. The summed E-state index contributed by atoms with van der Waals surface area (Å²) in [6, 6.07) is 2.64. The van der Waals surface area contributed by atoms with E-state index < -0.39 is 68.8 Å². The van der Waals surface area contributed by atoms with Gasteiger partial charge in [-0.3, -0.25) is 9.55 Å². The van der Waals surface area contributed by atoms with E-state index in [1.54, 1.807) is 0 Å². The zero-order valence-corrected chi connectivity index (χ0v) is 16.4. The molecule has 0 saturated heterocycles. The Morgan fingerprint density at radius 1 is 1.06 bits per heavy atom. The molecule has 14 heteroatoms. The van der Waals surface area contributed by atoms with E-state index in [4.69, 9.17) is 0 Å². The number of pyridine rings is 2. The fourth-order valence-corrected chi connectivity index (χ4v) is 3.84. The van der Waals surface area contributed by atoms with Crippen molar-refractivity contribution in [2.75, 3.05) is 5.75 Å². The maximum Gasteiger partial charge on any atom is 0.417 e. The maximum absolute atomic E-state index is 13.2. The minimum absolute atomic E-state index is 0.141. The van der Waals surface area contributed by atoms with Crippen LogP contribution in [0.15, 0.2) is 29.3 Å². The highest BCUT2D eigenvalue weighted by Crippen LogP contribution is 2.35. The number of hydrogen-bond acceptors (Lipinski definition) is 5. The van der Waals surface area contributed by atoms with E-state index in [1.165, 1.54) is 12.1 Å². The highest BCUT2D eigenvalue weighted by atomic mass is 32.2. The van der Waals surface area contributed by atoms with Crippen molar-refractivity contribution in [3.05, 3.63) is 35.7 Å². The molecule has 3 heterocycles. The standard InChI is InChI=1S/C17H13F7N4O2S/c1-2-31(29,30)12-5-9(17(22,23)24)7-25-13(12)15-27-11-4-3-10(6-18)26-14(11)28(15)8-16(19,20)21/h3-5,7H,2,6,8H2,1H3. The molecule has 0 radical (unpaired) electrons. The first-order chi connectivity index (χ1) is 14.3. The van der Waals surface area contributed by atoms with Crippen LogP contribution in [0.4, 0.5) is 30.7 Å². The van der Waals surface area contributed by atoms with Crippen molar-refractivity contribution in [1.82, 2.24) is 19.5 Å². The first-order valence-electron chi connectivity index (χ1n) is 8.56. The summed E-state index contributed by atoms with van der Waals surface area (Å²) in [4.78, 5) is 10.3. The summed E-state index contributed by atoms with van der Waals surface area (Å²) in [5.41, 5.74) is -2.84. The summed E-state index contributed by atoms with van der Waals surface area (Å²) in [6.45, 7) is -1.63. The zero-order chi connectivity index (χ0) is 23.2. The number of aromatic nitrogens is 4. The average molecular weight is 470 g/mol. The van der Waals surface area contributed by atoms with Crippen LogP contribution >= 0.6 is 0 Å². The van der Waals surface area contributed by atoms with E-state index in [0.717, 1.165) is 6.92 Å². The SMILES string of the molecule is CCS(=O)(=O)c1cc(C(F)(F)F)cnc1-c1nc2ccc(CF)nc2n1CC(F)(F)F. The van der Waals surface area contributed by atoms with Gasteiger partial charge in [0.1, 0.15) is 24.4 Å². The normalized spacial score (nSPS) is 13.2. The number of fused-ring (bicyclic) bond motifs is 1. The molecule has 0 N–H and O–H groups in total. The van der Waals surface area contributed by atoms with Crippen molar-refractivity contribution in [1.29, 1.82) is 0 Å². The van der Waals surface area contributed by atoms with Gasteiger partial charge in [-0.05, 0) is 18.2 Å². The molecule has 3 aromatic heterocycles. The number of rotatable bonds is 5. The highest BCUT2D eigenvalue weighted by molar-refractivity contribution is 7.91. The number of alkyl halides is 7. The number of halogens is 7. The van der Waals surface area contributed by atoms with Gasteiger partial charge in [-0.1, -0.05) is 6.92 Å². The Kier molecular flexibility index (Phi) is 5.71. The van der Waals surface area contributed by atoms with Gasteiger partial charge < -0.3 is 0 Å². The minimum Gasteiger partial charge on any atom is -0.298 e. The predicted octanol–water partition coefficient (Wildman–Crippen LogP) is 4.34. The quantitative estimate of drug-likeness (QED) is 0.519. The third-order valence-electron chi connectivity index (χ3n) is 4.23. The third-order valence-corrected chi connectivity index (χ3v) is 5.97. The molecule has 0 spiro atoms. The van der Waals surface area contributed by atoms with E-state index >= 15 is 0 Å². The van der Waals surface area contributed by atoms with Crippen molar-refractivity contribution in [2.24, 2.45) is 0 Å². The smallest absolute Gasteiger partial charge is 0.298 e. The predicted molar refractivity (Wildman–Crippen MR) is 94.4 cm³/mol. The van der Waals surface area contributed by atoms with E-state index in [9.17, 15) is 39.2 Å². The molecule has 0 atom stereocenters. The molecule has 6 nitrogen and oxygen atoms in total. The second-order valence-electron chi connectivity index (χ2n) is 6.39. The lowest BCUT2D eigenvalue weighted by Gasteiger charge is -2.15. The molecular weight excluding hydrogens is 457 g/mol. The molecule has 0 saturated carbocycles. The van der Waals surface area contributed by atoms with Crippen LogP contribution in [0, 0.1) is 0 Å². The summed E-state index contributed by atoms with van der Waals surface area (Å²) in [6.07, 6.45) is -9.46. The van der Waals surface area contributed by atoms with Gasteiger partial charge in [0.25, 0.3) is 0 Å². The van der Waals surface area contributed by atoms with E-state index in [2.05, 4.69) is 15.0 Å². The van der Waals surface area contributed by atoms with Crippen LogP contribution < -0.4 is 0 Å². The van der Waals surface area contributed by atoms with Crippen molar-refractivity contribution < 1.29 is 39.2 Å². The molecule has 3 rings (SSSR count). The monoisotopic (exact) mass is 470 g/mol. The van der Waals surface area contributed by atoms with Crippen LogP contribution in [0.1, 0.15) is 18.2 Å². The molecule has 0 bridgehead atoms. The first kappa shape index (κ1) is 22.9. The largest absolute Gasteiger partial charge is 0.417 e. The summed E-state index contributed by atoms with van der Waals surface area (Å²) in [7, 11) is -4.35. The molecular formula is C17H13F7N4O2S. The van der Waals surface area contributed by atoms with Crippen molar-refractivity contribution in [3.8, 4) is 11.5 Å². The third kappa shape index (κ3) is 4.62. The molecule has 0 amide bonds. The van der Waals surface area contributed by atoms with Crippen LogP contribution in [0.2, 0.25) is 0 Å². The summed E-state index contributed by atoms with van der Waals surface area (Å²) in [5, 5.41) is 0. The second-order valence-corrected chi connectivity index (χ2v) is 8.63.